The molecule has 0 saturated heterocycles. The smallest absolute Gasteiger partial charge is 0.269 e. The molecule has 0 aliphatic rings. The summed E-state index contributed by atoms with van der Waals surface area (Å²) in [5.41, 5.74) is 5.17. The van der Waals surface area contributed by atoms with Crippen LogP contribution in [0.25, 0.3) is 0 Å². The molecule has 0 fully saturated rings. The average molecular weight is 446 g/mol. The molecular weight excluding hydrogens is 431 g/mol. The van der Waals surface area contributed by atoms with Gasteiger partial charge >= 0.3 is 0 Å². The first-order valence-corrected chi connectivity index (χ1v) is 8.93. The van der Waals surface area contributed by atoms with E-state index in [0.717, 1.165) is 4.47 Å². The number of ether oxygens (including phenoxy) is 1. The summed E-state index contributed by atoms with van der Waals surface area (Å²) in [6, 6.07) is 11.8. The number of carbonyl (C=O) groups is 2. The van der Waals surface area contributed by atoms with Crippen molar-refractivity contribution in [3.63, 3.8) is 0 Å². The third kappa shape index (κ3) is 6.57. The molecule has 5 nitrogen and oxygen atoms in total. The van der Waals surface area contributed by atoms with Crippen LogP contribution in [0.1, 0.15) is 23.2 Å². The van der Waals surface area contributed by atoms with Gasteiger partial charge in [0.05, 0.1) is 11.6 Å². The zero-order chi connectivity index (χ0) is 18.2. The molecule has 0 atom stereocenters. The van der Waals surface area contributed by atoms with Crippen molar-refractivity contribution in [1.82, 2.24) is 10.9 Å². The molecule has 0 aromatic heterocycles. The van der Waals surface area contributed by atoms with Crippen molar-refractivity contribution in [1.29, 1.82) is 0 Å². The van der Waals surface area contributed by atoms with Crippen LogP contribution in [0.15, 0.2) is 46.9 Å². The lowest BCUT2D eigenvalue weighted by Crippen LogP contribution is -2.41. The number of hydrogen-bond acceptors (Lipinski definition) is 3. The van der Waals surface area contributed by atoms with E-state index in [1.807, 2.05) is 6.07 Å². The Labute approximate surface area is 163 Å². The van der Waals surface area contributed by atoms with Gasteiger partial charge in [-0.25, -0.2) is 0 Å². The van der Waals surface area contributed by atoms with Crippen molar-refractivity contribution in [3.05, 3.63) is 62.5 Å². The molecule has 2 aromatic carbocycles. The molecule has 8 heteroatoms. The number of nitrogens with one attached hydrogen (secondary N) is 2. The maximum Gasteiger partial charge on any atom is 0.269 e. The second kappa shape index (κ2) is 9.65. The van der Waals surface area contributed by atoms with E-state index < -0.39 is 0 Å². The molecule has 0 heterocycles. The van der Waals surface area contributed by atoms with Crippen LogP contribution in [0.2, 0.25) is 10.0 Å². The fraction of sp³-hybridized carbons (Fsp3) is 0.176. The van der Waals surface area contributed by atoms with Crippen LogP contribution in [0, 0.1) is 0 Å². The summed E-state index contributed by atoms with van der Waals surface area (Å²) in [6.07, 6.45) is 0.668. The first-order valence-electron chi connectivity index (χ1n) is 7.38. The predicted molar refractivity (Wildman–Crippen MR) is 101 cm³/mol. The highest BCUT2D eigenvalue weighted by atomic mass is 79.9. The Balaban J connectivity index is 1.68. The van der Waals surface area contributed by atoms with Crippen molar-refractivity contribution in [3.8, 4) is 5.75 Å². The average Bonchev–Trinajstić information content (AvgIpc) is 2.58. The van der Waals surface area contributed by atoms with Gasteiger partial charge in [0.1, 0.15) is 5.75 Å². The van der Waals surface area contributed by atoms with Crippen LogP contribution < -0.4 is 15.6 Å². The lowest BCUT2D eigenvalue weighted by molar-refractivity contribution is -0.122. The standard InChI is InChI=1S/C17H15BrCl2N2O3/c18-12-4-1-3-11(9-12)17(24)22-21-16(23)5-2-8-25-15-7-6-13(19)10-14(15)20/h1,3-4,6-7,9-10H,2,5,8H2,(H,21,23)(H,22,24). The summed E-state index contributed by atoms with van der Waals surface area (Å²) in [7, 11) is 0. The molecule has 0 aliphatic heterocycles. The number of benzene rings is 2. The Morgan fingerprint density at radius 1 is 1.08 bits per heavy atom. The molecule has 0 saturated carbocycles. The molecule has 0 aliphatic carbocycles. The third-order valence-corrected chi connectivity index (χ3v) is 4.13. The van der Waals surface area contributed by atoms with Crippen molar-refractivity contribution in [2.45, 2.75) is 12.8 Å². The molecule has 0 unspecified atom stereocenters. The minimum absolute atomic E-state index is 0.198. The number of amides is 2. The van der Waals surface area contributed by atoms with E-state index >= 15 is 0 Å². The van der Waals surface area contributed by atoms with Crippen LogP contribution in [0.4, 0.5) is 0 Å². The van der Waals surface area contributed by atoms with E-state index in [1.54, 1.807) is 36.4 Å². The fourth-order valence-electron chi connectivity index (χ4n) is 1.90. The van der Waals surface area contributed by atoms with E-state index in [1.165, 1.54) is 0 Å². The second-order valence-corrected chi connectivity index (χ2v) is 6.80. The van der Waals surface area contributed by atoms with Crippen molar-refractivity contribution in [2.24, 2.45) is 0 Å². The van der Waals surface area contributed by atoms with Gasteiger partial charge in [-0.2, -0.15) is 0 Å². The van der Waals surface area contributed by atoms with Crippen LogP contribution >= 0.6 is 39.1 Å². The van der Waals surface area contributed by atoms with Gasteiger partial charge in [0, 0.05) is 21.5 Å². The van der Waals surface area contributed by atoms with Gasteiger partial charge in [0.15, 0.2) is 0 Å². The van der Waals surface area contributed by atoms with Crippen LogP contribution in [-0.2, 0) is 4.79 Å². The third-order valence-electron chi connectivity index (χ3n) is 3.10. The summed E-state index contributed by atoms with van der Waals surface area (Å²) < 4.78 is 6.27. The zero-order valence-corrected chi connectivity index (χ0v) is 16.1. The molecule has 0 spiro atoms. The van der Waals surface area contributed by atoms with Gasteiger partial charge in [0.2, 0.25) is 5.91 Å². The molecule has 2 amide bonds. The number of rotatable bonds is 6. The van der Waals surface area contributed by atoms with Crippen LogP contribution in [0.5, 0.6) is 5.75 Å². The zero-order valence-electron chi connectivity index (χ0n) is 13.0. The Kier molecular flexibility index (Phi) is 7.55. The van der Waals surface area contributed by atoms with Crippen molar-refractivity contribution >= 4 is 50.9 Å². The summed E-state index contributed by atoms with van der Waals surface area (Å²) in [4.78, 5) is 23.6. The maximum absolute atomic E-state index is 11.9. The minimum atomic E-state index is -0.390. The topological polar surface area (TPSA) is 67.4 Å². The van der Waals surface area contributed by atoms with E-state index in [2.05, 4.69) is 26.8 Å². The second-order valence-electron chi connectivity index (χ2n) is 5.04. The van der Waals surface area contributed by atoms with E-state index in [0.29, 0.717) is 34.4 Å². The highest BCUT2D eigenvalue weighted by Gasteiger charge is 2.08. The molecule has 2 aromatic rings. The minimum Gasteiger partial charge on any atom is -0.492 e. The van der Waals surface area contributed by atoms with Gasteiger partial charge < -0.3 is 4.74 Å². The first kappa shape index (κ1) is 19.6. The maximum atomic E-state index is 11.9. The summed E-state index contributed by atoms with van der Waals surface area (Å²) >= 11 is 15.1. The Morgan fingerprint density at radius 2 is 1.88 bits per heavy atom. The lowest BCUT2D eigenvalue weighted by Gasteiger charge is -2.09. The van der Waals surface area contributed by atoms with Gasteiger partial charge in [-0.3, -0.25) is 20.4 Å². The number of carbonyl (C=O) groups excluding carboxylic acids is 2. The van der Waals surface area contributed by atoms with Crippen molar-refractivity contribution in [2.75, 3.05) is 6.61 Å². The Morgan fingerprint density at radius 3 is 2.60 bits per heavy atom. The summed E-state index contributed by atoms with van der Waals surface area (Å²) in [6.45, 7) is 0.314. The summed E-state index contributed by atoms with van der Waals surface area (Å²) in [5.74, 6) is -0.192. The molecule has 132 valence electrons. The number of halogens is 3. The SMILES string of the molecule is O=C(CCCOc1ccc(Cl)cc1Cl)NNC(=O)c1cccc(Br)c1. The molecule has 25 heavy (non-hydrogen) atoms. The monoisotopic (exact) mass is 444 g/mol. The predicted octanol–water partition coefficient (Wildman–Crippen LogP) is 4.38. The van der Waals surface area contributed by atoms with Crippen LogP contribution in [-0.4, -0.2) is 18.4 Å². The molecule has 0 bridgehead atoms. The van der Waals surface area contributed by atoms with Gasteiger partial charge in [-0.05, 0) is 42.8 Å². The van der Waals surface area contributed by atoms with Gasteiger partial charge in [-0.1, -0.05) is 45.2 Å². The normalized spacial score (nSPS) is 10.2. The van der Waals surface area contributed by atoms with E-state index in [9.17, 15) is 9.59 Å². The number of hydrazine groups is 1. The highest BCUT2D eigenvalue weighted by Crippen LogP contribution is 2.27. The van der Waals surface area contributed by atoms with E-state index in [-0.39, 0.29) is 18.2 Å². The summed E-state index contributed by atoms with van der Waals surface area (Å²) in [5, 5.41) is 0.941. The van der Waals surface area contributed by atoms with E-state index in [4.69, 9.17) is 27.9 Å². The Hall–Kier alpha value is -1.76. The Bertz CT molecular complexity index is 771. The van der Waals surface area contributed by atoms with Crippen LogP contribution in [0.3, 0.4) is 0 Å². The van der Waals surface area contributed by atoms with Gasteiger partial charge in [0.25, 0.3) is 5.91 Å². The molecule has 2 rings (SSSR count). The number of hydrogen-bond donors (Lipinski definition) is 2. The van der Waals surface area contributed by atoms with Crippen molar-refractivity contribution < 1.29 is 14.3 Å². The fourth-order valence-corrected chi connectivity index (χ4v) is 2.76. The first-order chi connectivity index (χ1) is 12.0. The molecule has 2 N–H and O–H groups in total. The highest BCUT2D eigenvalue weighted by molar-refractivity contribution is 9.10. The lowest BCUT2D eigenvalue weighted by atomic mass is 10.2. The molecule has 0 radical (unpaired) electrons. The largest absolute Gasteiger partial charge is 0.492 e. The quantitative estimate of drug-likeness (QED) is 0.512. The molecular formula is C17H15BrCl2N2O3. The van der Waals surface area contributed by atoms with Gasteiger partial charge in [-0.15, -0.1) is 0 Å².